The third kappa shape index (κ3) is 2.77. The zero-order chi connectivity index (χ0) is 10.7. The van der Waals surface area contributed by atoms with Crippen LogP contribution in [0, 0.1) is 0 Å². The van der Waals surface area contributed by atoms with E-state index < -0.39 is 0 Å². The largest absolute Gasteiger partial charge is 0.472 e. The molecule has 0 N–H and O–H groups in total. The first kappa shape index (κ1) is 10.6. The summed E-state index contributed by atoms with van der Waals surface area (Å²) in [6.45, 7) is 0. The molecule has 78 valence electrons. The second-order valence-electron chi connectivity index (χ2n) is 3.36. The van der Waals surface area contributed by atoms with Gasteiger partial charge in [-0.15, -0.1) is 11.6 Å². The molecule has 0 aliphatic heterocycles. The second-order valence-corrected chi connectivity index (χ2v) is 4.32. The highest BCUT2D eigenvalue weighted by molar-refractivity contribution is 6.30. The monoisotopic (exact) mass is 240 g/mol. The molecule has 0 saturated heterocycles. The summed E-state index contributed by atoms with van der Waals surface area (Å²) in [6, 6.07) is 9.60. The lowest BCUT2D eigenvalue weighted by Gasteiger charge is -2.07. The van der Waals surface area contributed by atoms with Crippen LogP contribution in [0.3, 0.4) is 0 Å². The molecule has 1 aromatic carbocycles. The fraction of sp³-hybridized carbons (Fsp3) is 0.167. The molecule has 0 aliphatic carbocycles. The molecule has 1 nitrogen and oxygen atoms in total. The van der Waals surface area contributed by atoms with E-state index in [0.29, 0.717) is 0 Å². The topological polar surface area (TPSA) is 13.1 Å². The van der Waals surface area contributed by atoms with E-state index in [4.69, 9.17) is 27.6 Å². The van der Waals surface area contributed by atoms with Gasteiger partial charge in [0.1, 0.15) is 0 Å². The Morgan fingerprint density at radius 3 is 2.80 bits per heavy atom. The zero-order valence-electron chi connectivity index (χ0n) is 7.99. The van der Waals surface area contributed by atoms with Crippen LogP contribution in [0.2, 0.25) is 5.02 Å². The molecule has 0 amide bonds. The van der Waals surface area contributed by atoms with Gasteiger partial charge in [0.25, 0.3) is 0 Å². The van der Waals surface area contributed by atoms with E-state index in [1.165, 1.54) is 0 Å². The van der Waals surface area contributed by atoms with E-state index >= 15 is 0 Å². The lowest BCUT2D eigenvalue weighted by molar-refractivity contribution is 0.563. The summed E-state index contributed by atoms with van der Waals surface area (Å²) >= 11 is 12.1. The van der Waals surface area contributed by atoms with Crippen molar-refractivity contribution in [2.75, 3.05) is 0 Å². The van der Waals surface area contributed by atoms with Crippen molar-refractivity contribution in [2.24, 2.45) is 0 Å². The van der Waals surface area contributed by atoms with Crippen LogP contribution in [-0.2, 0) is 6.42 Å². The van der Waals surface area contributed by atoms with Gasteiger partial charge in [0.15, 0.2) is 0 Å². The Balaban J connectivity index is 2.09. The Kier molecular flexibility index (Phi) is 3.34. The third-order valence-electron chi connectivity index (χ3n) is 2.21. The maximum Gasteiger partial charge on any atom is 0.0949 e. The van der Waals surface area contributed by atoms with Gasteiger partial charge in [-0.2, -0.15) is 0 Å². The van der Waals surface area contributed by atoms with Gasteiger partial charge in [-0.1, -0.05) is 23.7 Å². The summed E-state index contributed by atoms with van der Waals surface area (Å²) in [5, 5.41) is 0.672. The first-order chi connectivity index (χ1) is 7.25. The molecule has 3 heteroatoms. The lowest BCUT2D eigenvalue weighted by Crippen LogP contribution is -1.93. The van der Waals surface area contributed by atoms with Crippen LogP contribution < -0.4 is 0 Å². The quantitative estimate of drug-likeness (QED) is 0.723. The molecule has 1 aromatic heterocycles. The fourth-order valence-electron chi connectivity index (χ4n) is 1.44. The number of halogens is 2. The number of alkyl halides is 1. The van der Waals surface area contributed by atoms with Crippen molar-refractivity contribution in [3.05, 3.63) is 59.0 Å². The summed E-state index contributed by atoms with van der Waals surface area (Å²) < 4.78 is 4.99. The van der Waals surface area contributed by atoms with Gasteiger partial charge < -0.3 is 4.42 Å². The smallest absolute Gasteiger partial charge is 0.0949 e. The number of hydrogen-bond donors (Lipinski definition) is 0. The van der Waals surface area contributed by atoms with E-state index in [9.17, 15) is 0 Å². The van der Waals surface area contributed by atoms with Crippen LogP contribution in [0.25, 0.3) is 0 Å². The standard InChI is InChI=1S/C12H10Cl2O/c13-11-3-1-2-9(6-11)7-12(14)10-4-5-15-8-10/h1-6,8,12H,7H2. The molecule has 0 aliphatic rings. The first-order valence-electron chi connectivity index (χ1n) is 4.66. The summed E-state index contributed by atoms with van der Waals surface area (Å²) in [5.74, 6) is 0. The Morgan fingerprint density at radius 2 is 2.13 bits per heavy atom. The third-order valence-corrected chi connectivity index (χ3v) is 2.85. The van der Waals surface area contributed by atoms with Crippen LogP contribution >= 0.6 is 23.2 Å². The molecule has 15 heavy (non-hydrogen) atoms. The second kappa shape index (κ2) is 4.73. The van der Waals surface area contributed by atoms with Gasteiger partial charge in [0, 0.05) is 10.6 Å². The van der Waals surface area contributed by atoms with Crippen LogP contribution in [-0.4, -0.2) is 0 Å². The van der Waals surface area contributed by atoms with Crippen LogP contribution in [0.1, 0.15) is 16.5 Å². The van der Waals surface area contributed by atoms with E-state index in [1.807, 2.05) is 30.3 Å². The lowest BCUT2D eigenvalue weighted by atomic mass is 10.1. The molecular weight excluding hydrogens is 231 g/mol. The van der Waals surface area contributed by atoms with Gasteiger partial charge in [0.05, 0.1) is 17.9 Å². The summed E-state index contributed by atoms with van der Waals surface area (Å²) in [6.07, 6.45) is 4.05. The molecule has 2 aromatic rings. The van der Waals surface area contributed by atoms with Gasteiger partial charge in [-0.3, -0.25) is 0 Å². The maximum absolute atomic E-state index is 6.23. The van der Waals surface area contributed by atoms with Gasteiger partial charge in [0.2, 0.25) is 0 Å². The van der Waals surface area contributed by atoms with Crippen molar-refractivity contribution >= 4 is 23.2 Å². The summed E-state index contributed by atoms with van der Waals surface area (Å²) in [7, 11) is 0. The van der Waals surface area contributed by atoms with Crippen molar-refractivity contribution in [2.45, 2.75) is 11.8 Å². The van der Waals surface area contributed by atoms with Gasteiger partial charge >= 0.3 is 0 Å². The Bertz CT molecular complexity index is 423. The number of hydrogen-bond acceptors (Lipinski definition) is 1. The minimum absolute atomic E-state index is 0.0674. The van der Waals surface area contributed by atoms with Gasteiger partial charge in [-0.25, -0.2) is 0 Å². The van der Waals surface area contributed by atoms with E-state index in [2.05, 4.69) is 0 Å². The molecule has 2 rings (SSSR count). The number of rotatable bonds is 3. The fourth-order valence-corrected chi connectivity index (χ4v) is 1.96. The Morgan fingerprint density at radius 1 is 1.27 bits per heavy atom. The normalized spacial score (nSPS) is 12.7. The van der Waals surface area contributed by atoms with Crippen LogP contribution in [0.4, 0.5) is 0 Å². The number of benzene rings is 1. The highest BCUT2D eigenvalue weighted by Crippen LogP contribution is 2.26. The Hall–Kier alpha value is -0.920. The van der Waals surface area contributed by atoms with Crippen molar-refractivity contribution in [1.82, 2.24) is 0 Å². The number of furan rings is 1. The predicted molar refractivity (Wildman–Crippen MR) is 62.5 cm³/mol. The molecule has 1 heterocycles. The predicted octanol–water partition coefficient (Wildman–Crippen LogP) is 4.46. The average molecular weight is 241 g/mol. The first-order valence-corrected chi connectivity index (χ1v) is 5.48. The van der Waals surface area contributed by atoms with Crippen molar-refractivity contribution < 1.29 is 4.42 Å². The Labute approximate surface area is 98.6 Å². The zero-order valence-corrected chi connectivity index (χ0v) is 9.50. The summed E-state index contributed by atoms with van der Waals surface area (Å²) in [5.41, 5.74) is 2.13. The molecule has 0 fully saturated rings. The molecule has 0 radical (unpaired) electrons. The van der Waals surface area contributed by atoms with Crippen molar-refractivity contribution in [3.63, 3.8) is 0 Å². The molecule has 0 spiro atoms. The molecular formula is C12H10Cl2O. The van der Waals surface area contributed by atoms with Crippen molar-refractivity contribution in [1.29, 1.82) is 0 Å². The minimum Gasteiger partial charge on any atom is -0.472 e. The van der Waals surface area contributed by atoms with E-state index in [1.54, 1.807) is 12.5 Å². The highest BCUT2D eigenvalue weighted by Gasteiger charge is 2.09. The van der Waals surface area contributed by atoms with Crippen molar-refractivity contribution in [3.8, 4) is 0 Å². The maximum atomic E-state index is 6.23. The van der Waals surface area contributed by atoms with Crippen LogP contribution in [0.15, 0.2) is 47.3 Å². The molecule has 0 saturated carbocycles. The minimum atomic E-state index is -0.0674. The molecule has 1 atom stereocenters. The molecule has 1 unspecified atom stereocenters. The van der Waals surface area contributed by atoms with E-state index in [0.717, 1.165) is 22.6 Å². The average Bonchev–Trinajstić information content (AvgIpc) is 2.70. The van der Waals surface area contributed by atoms with Crippen LogP contribution in [0.5, 0.6) is 0 Å². The SMILES string of the molecule is Clc1cccc(CC(Cl)c2ccoc2)c1. The molecule has 0 bridgehead atoms. The van der Waals surface area contributed by atoms with E-state index in [-0.39, 0.29) is 5.38 Å². The summed E-state index contributed by atoms with van der Waals surface area (Å²) in [4.78, 5) is 0. The van der Waals surface area contributed by atoms with Gasteiger partial charge in [-0.05, 0) is 30.2 Å². The highest BCUT2D eigenvalue weighted by atomic mass is 35.5.